The number of nitrogens with zero attached hydrogens (tertiary/aromatic N) is 2. The van der Waals surface area contributed by atoms with Gasteiger partial charge < -0.3 is 10.0 Å². The van der Waals surface area contributed by atoms with Crippen molar-refractivity contribution < 1.29 is 14.7 Å². The van der Waals surface area contributed by atoms with Crippen LogP contribution in [0, 0.1) is 0 Å². The van der Waals surface area contributed by atoms with Crippen molar-refractivity contribution in [2.24, 2.45) is 0 Å². The number of benzene rings is 1. The van der Waals surface area contributed by atoms with Crippen LogP contribution in [0.15, 0.2) is 24.3 Å². The van der Waals surface area contributed by atoms with E-state index in [0.29, 0.717) is 10.7 Å². The van der Waals surface area contributed by atoms with Gasteiger partial charge in [-0.3, -0.25) is 9.69 Å². The highest BCUT2D eigenvalue weighted by Crippen LogP contribution is 2.20. The molecule has 0 spiro atoms. The number of anilines is 1. The first-order chi connectivity index (χ1) is 9.36. The third kappa shape index (κ3) is 4.13. The highest BCUT2D eigenvalue weighted by Gasteiger charge is 2.24. The van der Waals surface area contributed by atoms with E-state index < -0.39 is 5.97 Å². The van der Waals surface area contributed by atoms with Gasteiger partial charge in [-0.25, -0.2) is 4.79 Å². The Kier molecular flexibility index (Phi) is 5.82. The van der Waals surface area contributed by atoms with Crippen molar-refractivity contribution in [2.45, 2.75) is 26.3 Å². The lowest BCUT2D eigenvalue weighted by atomic mass is 10.2. The van der Waals surface area contributed by atoms with Gasteiger partial charge in [0.15, 0.2) is 0 Å². The molecule has 2 amide bonds. The van der Waals surface area contributed by atoms with E-state index >= 15 is 0 Å². The maximum Gasteiger partial charge on any atom is 0.325 e. The van der Waals surface area contributed by atoms with E-state index in [-0.39, 0.29) is 18.6 Å². The van der Waals surface area contributed by atoms with Gasteiger partial charge in [0.2, 0.25) is 0 Å². The van der Waals surface area contributed by atoms with Gasteiger partial charge in [0.25, 0.3) is 0 Å². The summed E-state index contributed by atoms with van der Waals surface area (Å²) in [5, 5.41) is 9.52. The van der Waals surface area contributed by atoms with Gasteiger partial charge in [0.1, 0.15) is 6.54 Å². The van der Waals surface area contributed by atoms with E-state index in [0.717, 1.165) is 6.42 Å². The molecule has 1 aromatic carbocycles. The van der Waals surface area contributed by atoms with Crippen molar-refractivity contribution in [2.75, 3.05) is 18.5 Å². The summed E-state index contributed by atoms with van der Waals surface area (Å²) in [6.07, 6.45) is 0.795. The standard InChI is InChI=1S/C14H19ClN2O3/c1-4-10(2)16(3)14(20)17(9-13(18)19)12-7-5-11(15)6-8-12/h5-8,10H,4,9H2,1-3H3,(H,18,19). The van der Waals surface area contributed by atoms with Crippen LogP contribution in [0.25, 0.3) is 0 Å². The van der Waals surface area contributed by atoms with Crippen LogP contribution in [0.1, 0.15) is 20.3 Å². The van der Waals surface area contributed by atoms with Crippen molar-refractivity contribution >= 4 is 29.3 Å². The van der Waals surface area contributed by atoms with Crippen LogP contribution in [0.4, 0.5) is 10.5 Å². The summed E-state index contributed by atoms with van der Waals surface area (Å²) in [4.78, 5) is 26.2. The average molecular weight is 299 g/mol. The summed E-state index contributed by atoms with van der Waals surface area (Å²) in [6.45, 7) is 3.50. The highest BCUT2D eigenvalue weighted by molar-refractivity contribution is 6.30. The average Bonchev–Trinajstić information content (AvgIpc) is 2.43. The van der Waals surface area contributed by atoms with E-state index in [9.17, 15) is 9.59 Å². The number of carboxylic acids is 1. The molecule has 0 aliphatic rings. The van der Waals surface area contributed by atoms with Crippen LogP contribution >= 0.6 is 11.6 Å². The second-order valence-corrected chi connectivity index (χ2v) is 5.04. The number of halogens is 1. The minimum atomic E-state index is -1.06. The molecule has 1 atom stereocenters. The quantitative estimate of drug-likeness (QED) is 0.908. The second-order valence-electron chi connectivity index (χ2n) is 4.61. The summed E-state index contributed by atoms with van der Waals surface area (Å²) in [7, 11) is 1.67. The van der Waals surface area contributed by atoms with E-state index in [1.165, 1.54) is 9.80 Å². The Balaban J connectivity index is 3.03. The van der Waals surface area contributed by atoms with Gasteiger partial charge in [-0.05, 0) is 37.6 Å². The molecule has 0 saturated carbocycles. The van der Waals surface area contributed by atoms with Crippen molar-refractivity contribution in [3.63, 3.8) is 0 Å². The SMILES string of the molecule is CCC(C)N(C)C(=O)N(CC(=O)O)c1ccc(Cl)cc1. The lowest BCUT2D eigenvalue weighted by Gasteiger charge is -2.30. The van der Waals surface area contributed by atoms with E-state index in [1.54, 1.807) is 31.3 Å². The van der Waals surface area contributed by atoms with Crippen LogP contribution in [-0.4, -0.2) is 41.6 Å². The predicted octanol–water partition coefficient (Wildman–Crippen LogP) is 3.08. The molecule has 0 radical (unpaired) electrons. The van der Waals surface area contributed by atoms with Crippen LogP contribution in [0.2, 0.25) is 5.02 Å². The van der Waals surface area contributed by atoms with Crippen molar-refractivity contribution in [1.82, 2.24) is 4.90 Å². The molecule has 0 aromatic heterocycles. The fourth-order valence-electron chi connectivity index (χ4n) is 1.68. The van der Waals surface area contributed by atoms with Crippen LogP contribution in [0.5, 0.6) is 0 Å². The Morgan fingerprint density at radius 2 is 1.85 bits per heavy atom. The fraction of sp³-hybridized carbons (Fsp3) is 0.429. The summed E-state index contributed by atoms with van der Waals surface area (Å²) in [5.74, 6) is -1.06. The largest absolute Gasteiger partial charge is 0.480 e. The number of rotatable bonds is 5. The molecule has 0 heterocycles. The number of amides is 2. The third-order valence-corrected chi connectivity index (χ3v) is 3.47. The number of carbonyl (C=O) groups is 2. The molecule has 0 aliphatic carbocycles. The predicted molar refractivity (Wildman–Crippen MR) is 79.3 cm³/mol. The zero-order valence-corrected chi connectivity index (χ0v) is 12.6. The first kappa shape index (κ1) is 16.3. The van der Waals surface area contributed by atoms with Gasteiger partial charge in [-0.1, -0.05) is 18.5 Å². The topological polar surface area (TPSA) is 60.9 Å². The van der Waals surface area contributed by atoms with Gasteiger partial charge in [0.05, 0.1) is 0 Å². The third-order valence-electron chi connectivity index (χ3n) is 3.22. The van der Waals surface area contributed by atoms with Gasteiger partial charge >= 0.3 is 12.0 Å². The lowest BCUT2D eigenvalue weighted by molar-refractivity contribution is -0.135. The number of aliphatic carboxylic acids is 1. The smallest absolute Gasteiger partial charge is 0.325 e. The normalized spacial score (nSPS) is 11.8. The summed E-state index contributed by atoms with van der Waals surface area (Å²) < 4.78 is 0. The Bertz CT molecular complexity index is 476. The first-order valence-electron chi connectivity index (χ1n) is 6.38. The van der Waals surface area contributed by atoms with E-state index in [4.69, 9.17) is 16.7 Å². The van der Waals surface area contributed by atoms with E-state index in [2.05, 4.69) is 0 Å². The molecule has 0 saturated heterocycles. The number of carbonyl (C=O) groups excluding carboxylic acids is 1. The molecule has 0 bridgehead atoms. The van der Waals surface area contributed by atoms with Crippen LogP contribution < -0.4 is 4.90 Å². The number of carboxylic acid groups (broad SMARTS) is 1. The molecular weight excluding hydrogens is 280 g/mol. The zero-order valence-electron chi connectivity index (χ0n) is 11.8. The van der Waals surface area contributed by atoms with Crippen LogP contribution in [0.3, 0.4) is 0 Å². The Hall–Kier alpha value is -1.75. The molecule has 5 nitrogen and oxygen atoms in total. The lowest BCUT2D eigenvalue weighted by Crippen LogP contribution is -2.47. The minimum absolute atomic E-state index is 0.0334. The maximum absolute atomic E-state index is 12.4. The maximum atomic E-state index is 12.4. The molecule has 1 rings (SSSR count). The summed E-state index contributed by atoms with van der Waals surface area (Å²) >= 11 is 5.81. The summed E-state index contributed by atoms with van der Waals surface area (Å²) in [6, 6.07) is 6.21. The van der Waals surface area contributed by atoms with Crippen molar-refractivity contribution in [1.29, 1.82) is 0 Å². The number of hydrogen-bond acceptors (Lipinski definition) is 2. The molecular formula is C14H19ClN2O3. The van der Waals surface area contributed by atoms with Crippen LogP contribution in [-0.2, 0) is 4.79 Å². The first-order valence-corrected chi connectivity index (χ1v) is 6.76. The fourth-order valence-corrected chi connectivity index (χ4v) is 1.80. The molecule has 0 fully saturated rings. The highest BCUT2D eigenvalue weighted by atomic mass is 35.5. The summed E-state index contributed by atoms with van der Waals surface area (Å²) in [5.41, 5.74) is 0.511. The Labute approximate surface area is 123 Å². The van der Waals surface area contributed by atoms with Gasteiger partial charge in [0, 0.05) is 23.8 Å². The minimum Gasteiger partial charge on any atom is -0.480 e. The van der Waals surface area contributed by atoms with E-state index in [1.807, 2.05) is 13.8 Å². The molecule has 1 N–H and O–H groups in total. The monoisotopic (exact) mass is 298 g/mol. The van der Waals surface area contributed by atoms with Gasteiger partial charge in [-0.2, -0.15) is 0 Å². The zero-order chi connectivity index (χ0) is 15.3. The Morgan fingerprint density at radius 1 is 1.30 bits per heavy atom. The molecule has 0 aliphatic heterocycles. The number of urea groups is 1. The van der Waals surface area contributed by atoms with Crippen molar-refractivity contribution in [3.8, 4) is 0 Å². The molecule has 110 valence electrons. The second kappa shape index (κ2) is 7.14. The Morgan fingerprint density at radius 3 is 2.30 bits per heavy atom. The molecule has 1 aromatic rings. The van der Waals surface area contributed by atoms with Crippen molar-refractivity contribution in [3.05, 3.63) is 29.3 Å². The van der Waals surface area contributed by atoms with Gasteiger partial charge in [-0.15, -0.1) is 0 Å². The molecule has 1 unspecified atom stereocenters. The molecule has 6 heteroatoms. The molecule has 20 heavy (non-hydrogen) atoms. The number of hydrogen-bond donors (Lipinski definition) is 1.